The molecule has 0 bridgehead atoms. The summed E-state index contributed by atoms with van der Waals surface area (Å²) in [5.74, 6) is 0.0677. The maximum absolute atomic E-state index is 11.9. The third-order valence-corrected chi connectivity index (χ3v) is 3.87. The fraction of sp³-hybridized carbons (Fsp3) is 0.500. The van der Waals surface area contributed by atoms with Crippen molar-refractivity contribution in [2.24, 2.45) is 0 Å². The van der Waals surface area contributed by atoms with Crippen molar-refractivity contribution in [3.05, 3.63) is 42.0 Å². The first kappa shape index (κ1) is 15.8. The van der Waals surface area contributed by atoms with Crippen molar-refractivity contribution < 1.29 is 4.79 Å². The molecular formula is C18H26N2O. The smallest absolute Gasteiger partial charge is 0.225 e. The molecule has 0 fully saturated rings. The number of para-hydroxylation sites is 1. The standard InChI is InChI=1S/C18H26N2O/c1-15(19-13-12-16-8-4-2-5-9-16)14-18(21)20-17-10-6-3-7-11-17/h3,6-8,10-11,15,19H,2,4-5,9,12-14H2,1H3,(H,20,21). The van der Waals surface area contributed by atoms with E-state index in [2.05, 4.69) is 23.6 Å². The number of amides is 1. The lowest BCUT2D eigenvalue weighted by Crippen LogP contribution is -2.31. The summed E-state index contributed by atoms with van der Waals surface area (Å²) < 4.78 is 0. The van der Waals surface area contributed by atoms with Gasteiger partial charge in [0.15, 0.2) is 0 Å². The van der Waals surface area contributed by atoms with Crippen LogP contribution in [-0.2, 0) is 4.79 Å². The Morgan fingerprint density at radius 3 is 2.76 bits per heavy atom. The molecular weight excluding hydrogens is 260 g/mol. The highest BCUT2D eigenvalue weighted by Gasteiger charge is 2.09. The second kappa shape index (κ2) is 8.63. The second-order valence-corrected chi connectivity index (χ2v) is 5.83. The molecule has 0 heterocycles. The average molecular weight is 286 g/mol. The molecule has 1 atom stereocenters. The number of allylic oxidation sites excluding steroid dienone is 1. The maximum Gasteiger partial charge on any atom is 0.225 e. The zero-order valence-corrected chi connectivity index (χ0v) is 12.9. The SMILES string of the molecule is CC(CC(=O)Nc1ccccc1)NCCC1=CCCCC1. The van der Waals surface area contributed by atoms with E-state index in [9.17, 15) is 4.79 Å². The van der Waals surface area contributed by atoms with E-state index in [-0.39, 0.29) is 11.9 Å². The van der Waals surface area contributed by atoms with Gasteiger partial charge in [-0.3, -0.25) is 4.79 Å². The number of anilines is 1. The number of hydrogen-bond acceptors (Lipinski definition) is 2. The van der Waals surface area contributed by atoms with E-state index >= 15 is 0 Å². The van der Waals surface area contributed by atoms with E-state index < -0.39 is 0 Å². The van der Waals surface area contributed by atoms with E-state index in [0.717, 1.165) is 18.7 Å². The van der Waals surface area contributed by atoms with E-state index in [4.69, 9.17) is 0 Å². The highest BCUT2D eigenvalue weighted by molar-refractivity contribution is 5.90. The molecule has 1 aliphatic carbocycles. The van der Waals surface area contributed by atoms with Crippen LogP contribution in [-0.4, -0.2) is 18.5 Å². The lowest BCUT2D eigenvalue weighted by molar-refractivity contribution is -0.116. The fourth-order valence-electron chi connectivity index (χ4n) is 2.69. The van der Waals surface area contributed by atoms with Crippen molar-refractivity contribution in [2.75, 3.05) is 11.9 Å². The average Bonchev–Trinajstić information content (AvgIpc) is 2.49. The Kier molecular flexibility index (Phi) is 6.48. The van der Waals surface area contributed by atoms with Gasteiger partial charge in [0.2, 0.25) is 5.91 Å². The summed E-state index contributed by atoms with van der Waals surface area (Å²) in [5, 5.41) is 6.37. The minimum atomic E-state index is 0.0677. The molecule has 1 amide bonds. The molecule has 0 saturated carbocycles. The number of benzene rings is 1. The van der Waals surface area contributed by atoms with Gasteiger partial charge in [0.1, 0.15) is 0 Å². The molecule has 0 saturated heterocycles. The molecule has 0 aliphatic heterocycles. The molecule has 0 radical (unpaired) electrons. The van der Waals surface area contributed by atoms with Crippen molar-refractivity contribution in [3.8, 4) is 0 Å². The summed E-state index contributed by atoms with van der Waals surface area (Å²) >= 11 is 0. The van der Waals surface area contributed by atoms with Gasteiger partial charge in [-0.1, -0.05) is 29.8 Å². The minimum Gasteiger partial charge on any atom is -0.326 e. The van der Waals surface area contributed by atoms with Gasteiger partial charge in [0.05, 0.1) is 0 Å². The summed E-state index contributed by atoms with van der Waals surface area (Å²) in [6.07, 6.45) is 9.18. The topological polar surface area (TPSA) is 41.1 Å². The Hall–Kier alpha value is -1.61. The Bertz CT molecular complexity index is 467. The van der Waals surface area contributed by atoms with E-state index in [1.54, 1.807) is 5.57 Å². The molecule has 3 heteroatoms. The van der Waals surface area contributed by atoms with Crippen LogP contribution in [0.3, 0.4) is 0 Å². The van der Waals surface area contributed by atoms with Crippen LogP contribution >= 0.6 is 0 Å². The van der Waals surface area contributed by atoms with Crippen LogP contribution in [0.25, 0.3) is 0 Å². The predicted molar refractivity (Wildman–Crippen MR) is 88.3 cm³/mol. The van der Waals surface area contributed by atoms with Gasteiger partial charge in [-0.15, -0.1) is 0 Å². The quantitative estimate of drug-likeness (QED) is 0.747. The van der Waals surface area contributed by atoms with Gasteiger partial charge in [-0.25, -0.2) is 0 Å². The largest absolute Gasteiger partial charge is 0.326 e. The van der Waals surface area contributed by atoms with Gasteiger partial charge in [-0.2, -0.15) is 0 Å². The van der Waals surface area contributed by atoms with E-state index in [1.165, 1.54) is 25.7 Å². The number of rotatable bonds is 7. The summed E-state index contributed by atoms with van der Waals surface area (Å²) in [5.41, 5.74) is 2.44. The van der Waals surface area contributed by atoms with Crippen molar-refractivity contribution in [1.29, 1.82) is 0 Å². The number of hydrogen-bond donors (Lipinski definition) is 2. The molecule has 1 unspecified atom stereocenters. The predicted octanol–water partition coefficient (Wildman–Crippen LogP) is 3.88. The van der Waals surface area contributed by atoms with Gasteiger partial charge in [0, 0.05) is 18.2 Å². The molecule has 0 spiro atoms. The second-order valence-electron chi connectivity index (χ2n) is 5.83. The third kappa shape index (κ3) is 6.13. The van der Waals surface area contributed by atoms with Gasteiger partial charge >= 0.3 is 0 Å². The van der Waals surface area contributed by atoms with E-state index in [1.807, 2.05) is 30.3 Å². The zero-order valence-electron chi connectivity index (χ0n) is 12.9. The number of nitrogens with one attached hydrogen (secondary N) is 2. The minimum absolute atomic E-state index is 0.0677. The number of carbonyl (C=O) groups excluding carboxylic acids is 1. The first-order chi connectivity index (χ1) is 10.2. The summed E-state index contributed by atoms with van der Waals surface area (Å²) in [7, 11) is 0. The molecule has 1 aromatic rings. The normalized spacial score (nSPS) is 16.1. The van der Waals surface area contributed by atoms with Crippen molar-refractivity contribution >= 4 is 11.6 Å². The highest BCUT2D eigenvalue weighted by atomic mass is 16.1. The van der Waals surface area contributed by atoms with Crippen molar-refractivity contribution in [1.82, 2.24) is 5.32 Å². The van der Waals surface area contributed by atoms with Gasteiger partial charge < -0.3 is 10.6 Å². The first-order valence-electron chi connectivity index (χ1n) is 8.00. The van der Waals surface area contributed by atoms with E-state index in [0.29, 0.717) is 6.42 Å². The molecule has 2 N–H and O–H groups in total. The Balaban J connectivity index is 1.63. The van der Waals surface area contributed by atoms with Crippen molar-refractivity contribution in [3.63, 3.8) is 0 Å². The Labute approximate surface area is 127 Å². The van der Waals surface area contributed by atoms with Crippen molar-refractivity contribution in [2.45, 2.75) is 51.5 Å². The fourth-order valence-corrected chi connectivity index (χ4v) is 2.69. The highest BCUT2D eigenvalue weighted by Crippen LogP contribution is 2.19. The lowest BCUT2D eigenvalue weighted by Gasteiger charge is -2.16. The molecule has 114 valence electrons. The van der Waals surface area contributed by atoms with Crippen LogP contribution in [0.2, 0.25) is 0 Å². The maximum atomic E-state index is 11.9. The van der Waals surface area contributed by atoms with Crippen LogP contribution in [0.1, 0.15) is 45.4 Å². The first-order valence-corrected chi connectivity index (χ1v) is 8.00. The van der Waals surface area contributed by atoms with Crippen LogP contribution in [0.15, 0.2) is 42.0 Å². The lowest BCUT2D eigenvalue weighted by atomic mass is 9.97. The zero-order chi connectivity index (χ0) is 14.9. The molecule has 1 aromatic carbocycles. The summed E-state index contributed by atoms with van der Waals surface area (Å²) in [6, 6.07) is 9.82. The van der Waals surface area contributed by atoms with Gasteiger partial charge in [0.25, 0.3) is 0 Å². The number of carbonyl (C=O) groups is 1. The molecule has 0 aromatic heterocycles. The summed E-state index contributed by atoms with van der Waals surface area (Å²) in [6.45, 7) is 3.03. The van der Waals surface area contributed by atoms with Gasteiger partial charge in [-0.05, 0) is 57.7 Å². The Morgan fingerprint density at radius 2 is 2.05 bits per heavy atom. The molecule has 2 rings (SSSR count). The monoisotopic (exact) mass is 286 g/mol. The van der Waals surface area contributed by atoms with Crippen LogP contribution in [0.5, 0.6) is 0 Å². The molecule has 3 nitrogen and oxygen atoms in total. The van der Waals surface area contributed by atoms with Crippen LogP contribution in [0, 0.1) is 0 Å². The third-order valence-electron chi connectivity index (χ3n) is 3.87. The van der Waals surface area contributed by atoms with Crippen LogP contribution < -0.4 is 10.6 Å². The molecule has 21 heavy (non-hydrogen) atoms. The molecule has 1 aliphatic rings. The summed E-state index contributed by atoms with van der Waals surface area (Å²) in [4.78, 5) is 11.9. The Morgan fingerprint density at radius 1 is 1.24 bits per heavy atom. The van der Waals surface area contributed by atoms with Crippen LogP contribution in [0.4, 0.5) is 5.69 Å².